The van der Waals surface area contributed by atoms with Crippen LogP contribution in [0.4, 0.5) is 0 Å². The molecule has 0 atom stereocenters. The first-order valence-electron chi connectivity index (χ1n) is 16.9. The molecule has 4 saturated heterocycles. The van der Waals surface area contributed by atoms with Crippen LogP contribution in [0.25, 0.3) is 0 Å². The average Bonchev–Trinajstić information content (AvgIpc) is 3.64. The highest BCUT2D eigenvalue weighted by Gasteiger charge is 2.48. The summed E-state index contributed by atoms with van der Waals surface area (Å²) in [7, 11) is -7.60. The molecule has 14 nitrogen and oxygen atoms in total. The predicted molar refractivity (Wildman–Crippen MR) is 195 cm³/mol. The summed E-state index contributed by atoms with van der Waals surface area (Å²) < 4.78 is 59.7. The van der Waals surface area contributed by atoms with E-state index in [2.05, 4.69) is 15.5 Å². The Balaban J connectivity index is 0.000000188. The van der Waals surface area contributed by atoms with Gasteiger partial charge in [-0.15, -0.1) is 0 Å². The zero-order valence-electron chi connectivity index (χ0n) is 28.8. The molecule has 4 heterocycles. The molecule has 2 amide bonds. The summed E-state index contributed by atoms with van der Waals surface area (Å²) in [4.78, 5) is 36.7. The molecule has 4 aliphatic heterocycles. The number of carbonyl (C=O) groups excluding carboxylic acids is 3. The van der Waals surface area contributed by atoms with Crippen molar-refractivity contribution in [3.63, 3.8) is 0 Å². The minimum absolute atomic E-state index is 0.0270. The van der Waals surface area contributed by atoms with E-state index in [1.165, 1.54) is 51.9 Å². The third-order valence-corrected chi connectivity index (χ3v) is 14.3. The Morgan fingerprint density at radius 3 is 2.02 bits per heavy atom. The summed E-state index contributed by atoms with van der Waals surface area (Å²) >= 11 is 11.8. The van der Waals surface area contributed by atoms with Gasteiger partial charge in [-0.3, -0.25) is 19.3 Å². The summed E-state index contributed by atoms with van der Waals surface area (Å²) in [6, 6.07) is 18.3. The van der Waals surface area contributed by atoms with Crippen molar-refractivity contribution in [3.8, 4) is 5.75 Å². The topological polar surface area (TPSA) is 183 Å². The Bertz CT molecular complexity index is 2100. The minimum Gasteiger partial charge on any atom is -0.505 e. The quantitative estimate of drug-likeness (QED) is 0.300. The second-order valence-corrected chi connectivity index (χ2v) is 18.1. The van der Waals surface area contributed by atoms with Crippen molar-refractivity contribution in [1.29, 1.82) is 0 Å². The predicted octanol–water partition coefficient (Wildman–Crippen LogP) is 3.33. The van der Waals surface area contributed by atoms with Gasteiger partial charge < -0.3 is 20.5 Å². The van der Waals surface area contributed by atoms with E-state index in [-0.39, 0.29) is 76.8 Å². The molecular weight excluding hydrogens is 769 g/mol. The van der Waals surface area contributed by atoms with Crippen LogP contribution in [-0.2, 0) is 40.9 Å². The first-order chi connectivity index (χ1) is 25.0. The molecule has 0 radical (unpaired) electrons. The Morgan fingerprint density at radius 2 is 1.43 bits per heavy atom. The number of halogens is 2. The lowest BCUT2D eigenvalue weighted by Gasteiger charge is -2.43. The number of phenols is 1. The van der Waals surface area contributed by atoms with E-state index in [0.717, 1.165) is 5.56 Å². The van der Waals surface area contributed by atoms with Crippen LogP contribution in [0.1, 0.15) is 48.5 Å². The van der Waals surface area contributed by atoms with Crippen molar-refractivity contribution in [3.05, 3.63) is 87.9 Å². The number of ketones is 1. The molecule has 53 heavy (non-hydrogen) atoms. The molecule has 3 N–H and O–H groups in total. The molecule has 0 aliphatic carbocycles. The normalized spacial score (nSPS) is 20.5. The zero-order valence-corrected chi connectivity index (χ0v) is 31.9. The molecule has 0 saturated carbocycles. The van der Waals surface area contributed by atoms with Crippen LogP contribution in [0.2, 0.25) is 10.0 Å². The van der Waals surface area contributed by atoms with Gasteiger partial charge in [-0.25, -0.2) is 16.8 Å². The van der Waals surface area contributed by atoms with E-state index >= 15 is 0 Å². The number of ether oxygens (including phenoxy) is 1. The first-order valence-corrected chi connectivity index (χ1v) is 20.5. The van der Waals surface area contributed by atoms with E-state index in [4.69, 9.17) is 27.9 Å². The Kier molecular flexibility index (Phi) is 11.3. The minimum atomic E-state index is -3.99. The number of benzene rings is 3. The number of piperidine rings is 2. The first kappa shape index (κ1) is 39.1. The fourth-order valence-corrected chi connectivity index (χ4v) is 10.7. The summed E-state index contributed by atoms with van der Waals surface area (Å²) in [5, 5.41) is 16.0. The lowest BCUT2D eigenvalue weighted by Crippen LogP contribution is -2.58. The van der Waals surface area contributed by atoms with Crippen molar-refractivity contribution < 1.29 is 41.1 Å². The number of Topliss-reactive ketones (excluding diaryl/α,β-unsaturated/α-hetero) is 1. The zero-order chi connectivity index (χ0) is 38.2. The molecule has 0 aromatic heterocycles. The van der Waals surface area contributed by atoms with E-state index in [1.54, 1.807) is 0 Å². The molecule has 3 aromatic carbocycles. The number of carbonyl (C=O) groups is 3. The van der Waals surface area contributed by atoms with Crippen LogP contribution >= 0.6 is 23.2 Å². The van der Waals surface area contributed by atoms with Crippen LogP contribution in [0, 0.1) is 0 Å². The monoisotopic (exact) mass is 807 g/mol. The summed E-state index contributed by atoms with van der Waals surface area (Å²) in [5.74, 6) is -0.855. The number of phenolic OH excluding ortho intramolecular Hbond substituents is 1. The number of nitrogens with one attached hydrogen (secondary N) is 2. The second-order valence-electron chi connectivity index (χ2n) is 13.4. The maximum absolute atomic E-state index is 13.1. The average molecular weight is 809 g/mol. The second kappa shape index (κ2) is 15.3. The molecule has 284 valence electrons. The van der Waals surface area contributed by atoms with Gasteiger partial charge in [0.2, 0.25) is 31.9 Å². The SMILES string of the molecule is CC(=O)c1ccc(S(=O)(=O)N2CCC3(CC2)NC(=O)CO3)cc1.O=C1CN(Cc2ccccc2)C2(CCN(S(=O)(=O)c3cc(Cl)cc(Cl)c3O)CC2)N1. The molecule has 0 bridgehead atoms. The molecule has 0 unspecified atom stereocenters. The molecule has 3 aromatic rings. The highest BCUT2D eigenvalue weighted by molar-refractivity contribution is 7.89. The number of hydrogen-bond donors (Lipinski definition) is 3. The summed E-state index contributed by atoms with van der Waals surface area (Å²) in [5.41, 5.74) is 0.250. The van der Waals surface area contributed by atoms with Crippen LogP contribution in [0.3, 0.4) is 0 Å². The lowest BCUT2D eigenvalue weighted by atomic mass is 9.97. The van der Waals surface area contributed by atoms with Gasteiger partial charge in [0, 0.05) is 56.2 Å². The van der Waals surface area contributed by atoms with Crippen LogP contribution in [0.5, 0.6) is 5.75 Å². The van der Waals surface area contributed by atoms with Gasteiger partial charge in [-0.1, -0.05) is 65.7 Å². The van der Waals surface area contributed by atoms with E-state index in [0.29, 0.717) is 37.8 Å². The Labute approximate surface area is 318 Å². The molecule has 2 spiro atoms. The standard InChI is InChI=1S/C20H21Cl2N3O4S.C15H18N2O5S/c21-15-10-16(22)19(27)17(11-15)30(28,29)25-8-6-20(7-9-25)23-18(26)13-24(20)12-14-4-2-1-3-5-14;1-11(18)12-2-4-13(5-3-12)23(20,21)17-8-6-15(7-9-17)16-14(19)10-22-15/h1-5,10-11,27H,6-9,12-13H2,(H,23,26);2-5H,6-10H2,1H3,(H,16,19). The fraction of sp³-hybridized carbons (Fsp3) is 0.400. The smallest absolute Gasteiger partial charge is 0.248 e. The maximum Gasteiger partial charge on any atom is 0.248 e. The number of nitrogens with zero attached hydrogens (tertiary/aromatic N) is 3. The highest BCUT2D eigenvalue weighted by Crippen LogP contribution is 2.39. The Morgan fingerprint density at radius 1 is 0.830 bits per heavy atom. The van der Waals surface area contributed by atoms with Gasteiger partial charge in [0.1, 0.15) is 17.2 Å². The van der Waals surface area contributed by atoms with Gasteiger partial charge >= 0.3 is 0 Å². The van der Waals surface area contributed by atoms with Crippen molar-refractivity contribution in [1.82, 2.24) is 24.1 Å². The number of amides is 2. The van der Waals surface area contributed by atoms with Crippen molar-refractivity contribution >= 4 is 60.8 Å². The third-order valence-electron chi connectivity index (χ3n) is 9.96. The van der Waals surface area contributed by atoms with Crippen molar-refractivity contribution in [2.75, 3.05) is 39.3 Å². The molecule has 4 fully saturated rings. The number of sulfonamides is 2. The Hall–Kier alpha value is -3.61. The van der Waals surface area contributed by atoms with Crippen molar-refractivity contribution in [2.45, 2.75) is 60.3 Å². The number of aromatic hydroxyl groups is 1. The van der Waals surface area contributed by atoms with E-state index in [9.17, 15) is 36.3 Å². The van der Waals surface area contributed by atoms with Crippen LogP contribution in [0.15, 0.2) is 76.5 Å². The van der Waals surface area contributed by atoms with E-state index in [1.807, 2.05) is 30.3 Å². The van der Waals surface area contributed by atoms with Gasteiger partial charge in [-0.05, 0) is 49.6 Å². The van der Waals surface area contributed by atoms with Gasteiger partial charge in [-0.2, -0.15) is 8.61 Å². The fourth-order valence-electron chi connectivity index (χ4n) is 7.03. The van der Waals surface area contributed by atoms with Gasteiger partial charge in [0.05, 0.1) is 22.1 Å². The summed E-state index contributed by atoms with van der Waals surface area (Å²) in [6.45, 7) is 3.26. The molecule has 18 heteroatoms. The lowest BCUT2D eigenvalue weighted by molar-refractivity contribution is -0.120. The molecular formula is C35H39Cl2N5O9S2. The molecule has 7 rings (SSSR count). The third kappa shape index (κ3) is 8.24. The van der Waals surface area contributed by atoms with Crippen LogP contribution < -0.4 is 10.6 Å². The number of rotatable bonds is 7. The van der Waals surface area contributed by atoms with Gasteiger partial charge in [0.25, 0.3) is 0 Å². The molecule has 4 aliphatic rings. The summed E-state index contributed by atoms with van der Waals surface area (Å²) in [6.07, 6.45) is 1.70. The number of hydrogen-bond acceptors (Lipinski definition) is 10. The van der Waals surface area contributed by atoms with E-state index < -0.39 is 37.2 Å². The maximum atomic E-state index is 13.1. The van der Waals surface area contributed by atoms with Gasteiger partial charge in [0.15, 0.2) is 11.5 Å². The van der Waals surface area contributed by atoms with Crippen LogP contribution in [-0.4, -0.2) is 104 Å². The highest BCUT2D eigenvalue weighted by atomic mass is 35.5. The largest absolute Gasteiger partial charge is 0.505 e. The van der Waals surface area contributed by atoms with Crippen molar-refractivity contribution in [2.24, 2.45) is 0 Å².